The fourth-order valence-corrected chi connectivity index (χ4v) is 3.88. The van der Waals surface area contributed by atoms with Gasteiger partial charge in [0.05, 0.1) is 6.26 Å². The summed E-state index contributed by atoms with van der Waals surface area (Å²) < 4.78 is 5.36. The SMILES string of the molecule is Cc1[nH]c2ccc(CNC(=O)c3nc(-c4ccco4)sc3C)cc2c1C. The van der Waals surface area contributed by atoms with E-state index in [1.807, 2.05) is 25.1 Å². The molecule has 0 unspecified atom stereocenters. The zero-order valence-electron chi connectivity index (χ0n) is 14.8. The van der Waals surface area contributed by atoms with Gasteiger partial charge in [0.25, 0.3) is 5.91 Å². The van der Waals surface area contributed by atoms with Crippen LogP contribution >= 0.6 is 11.3 Å². The maximum Gasteiger partial charge on any atom is 0.271 e. The van der Waals surface area contributed by atoms with Crippen molar-refractivity contribution in [3.05, 3.63) is 64.0 Å². The molecule has 0 saturated heterocycles. The molecule has 0 radical (unpaired) electrons. The number of carbonyl (C=O) groups is 1. The molecule has 5 nitrogen and oxygen atoms in total. The fourth-order valence-electron chi connectivity index (χ4n) is 3.00. The lowest BCUT2D eigenvalue weighted by atomic mass is 10.1. The van der Waals surface area contributed by atoms with E-state index in [4.69, 9.17) is 4.42 Å². The molecule has 3 aromatic heterocycles. The van der Waals surface area contributed by atoms with Gasteiger partial charge in [0.1, 0.15) is 5.69 Å². The highest BCUT2D eigenvalue weighted by Gasteiger charge is 2.17. The Hall–Kier alpha value is -2.86. The maximum absolute atomic E-state index is 12.6. The third-order valence-corrected chi connectivity index (χ3v) is 5.55. The van der Waals surface area contributed by atoms with Crippen LogP contribution in [0.2, 0.25) is 0 Å². The number of thiazole rings is 1. The van der Waals surface area contributed by atoms with E-state index in [0.717, 1.165) is 21.0 Å². The number of aromatic amines is 1. The predicted octanol–water partition coefficient (Wildman–Crippen LogP) is 4.74. The molecule has 0 aliphatic rings. The van der Waals surface area contributed by atoms with Gasteiger partial charge >= 0.3 is 0 Å². The Morgan fingerprint density at radius 3 is 2.88 bits per heavy atom. The summed E-state index contributed by atoms with van der Waals surface area (Å²) in [5.74, 6) is 0.513. The van der Waals surface area contributed by atoms with Crippen LogP contribution in [-0.2, 0) is 6.54 Å². The van der Waals surface area contributed by atoms with Crippen LogP contribution in [-0.4, -0.2) is 15.9 Å². The summed E-state index contributed by atoms with van der Waals surface area (Å²) in [6.45, 7) is 6.53. The summed E-state index contributed by atoms with van der Waals surface area (Å²) in [7, 11) is 0. The van der Waals surface area contributed by atoms with Gasteiger partial charge in [-0.1, -0.05) is 6.07 Å². The van der Waals surface area contributed by atoms with E-state index < -0.39 is 0 Å². The van der Waals surface area contributed by atoms with E-state index in [1.165, 1.54) is 28.0 Å². The second kappa shape index (κ2) is 6.46. The van der Waals surface area contributed by atoms with E-state index in [2.05, 4.69) is 41.3 Å². The molecule has 1 aromatic carbocycles. The second-order valence-corrected chi connectivity index (χ2v) is 7.54. The Labute approximate surface area is 155 Å². The van der Waals surface area contributed by atoms with E-state index in [9.17, 15) is 4.79 Å². The summed E-state index contributed by atoms with van der Waals surface area (Å²) in [6.07, 6.45) is 1.60. The number of nitrogens with one attached hydrogen (secondary N) is 2. The zero-order valence-corrected chi connectivity index (χ0v) is 15.7. The van der Waals surface area contributed by atoms with Gasteiger partial charge in [-0.2, -0.15) is 0 Å². The number of carbonyl (C=O) groups excluding carboxylic acids is 1. The number of hydrogen-bond donors (Lipinski definition) is 2. The van der Waals surface area contributed by atoms with Gasteiger partial charge in [-0.05, 0) is 56.2 Å². The highest BCUT2D eigenvalue weighted by Crippen LogP contribution is 2.28. The Morgan fingerprint density at radius 1 is 1.27 bits per heavy atom. The summed E-state index contributed by atoms with van der Waals surface area (Å²) in [6, 6.07) is 9.86. The molecule has 2 N–H and O–H groups in total. The van der Waals surface area contributed by atoms with Gasteiger partial charge < -0.3 is 14.7 Å². The molecule has 0 atom stereocenters. The lowest BCUT2D eigenvalue weighted by Gasteiger charge is -2.05. The molecule has 0 bridgehead atoms. The quantitative estimate of drug-likeness (QED) is 0.549. The molecule has 4 aromatic rings. The Bertz CT molecular complexity index is 1090. The van der Waals surface area contributed by atoms with E-state index in [0.29, 0.717) is 18.0 Å². The predicted molar refractivity (Wildman–Crippen MR) is 103 cm³/mol. The molecule has 0 fully saturated rings. The number of nitrogens with zero attached hydrogens (tertiary/aromatic N) is 1. The second-order valence-electron chi connectivity index (χ2n) is 6.34. The van der Waals surface area contributed by atoms with Crippen molar-refractivity contribution >= 4 is 28.1 Å². The van der Waals surface area contributed by atoms with Crippen LogP contribution in [0.1, 0.15) is 32.2 Å². The first-order valence-electron chi connectivity index (χ1n) is 8.40. The first-order valence-corrected chi connectivity index (χ1v) is 9.22. The Morgan fingerprint density at radius 2 is 2.12 bits per heavy atom. The monoisotopic (exact) mass is 365 g/mol. The largest absolute Gasteiger partial charge is 0.462 e. The Balaban J connectivity index is 1.51. The fraction of sp³-hybridized carbons (Fsp3) is 0.200. The van der Waals surface area contributed by atoms with Crippen LogP contribution < -0.4 is 5.32 Å². The third-order valence-electron chi connectivity index (χ3n) is 4.57. The van der Waals surface area contributed by atoms with Crippen molar-refractivity contribution in [3.8, 4) is 10.8 Å². The minimum Gasteiger partial charge on any atom is -0.462 e. The molecule has 6 heteroatoms. The molecule has 0 saturated carbocycles. The number of H-pyrrole nitrogens is 1. The van der Waals surface area contributed by atoms with Gasteiger partial charge in [-0.15, -0.1) is 11.3 Å². The molecule has 1 amide bonds. The number of furan rings is 1. The molecular weight excluding hydrogens is 346 g/mol. The Kier molecular flexibility index (Phi) is 4.12. The van der Waals surface area contributed by atoms with E-state index in [-0.39, 0.29) is 5.91 Å². The van der Waals surface area contributed by atoms with Crippen molar-refractivity contribution in [1.82, 2.24) is 15.3 Å². The van der Waals surface area contributed by atoms with Crippen LogP contribution in [0.4, 0.5) is 0 Å². The molecule has 3 heterocycles. The van der Waals surface area contributed by atoms with Crippen molar-refractivity contribution in [2.24, 2.45) is 0 Å². The van der Waals surface area contributed by atoms with Gasteiger partial charge in [0.2, 0.25) is 0 Å². The van der Waals surface area contributed by atoms with E-state index >= 15 is 0 Å². The van der Waals surface area contributed by atoms with Crippen LogP contribution in [0.3, 0.4) is 0 Å². The third kappa shape index (κ3) is 2.93. The highest BCUT2D eigenvalue weighted by atomic mass is 32.1. The van der Waals surface area contributed by atoms with E-state index in [1.54, 1.807) is 6.26 Å². The first kappa shape index (κ1) is 16.6. The van der Waals surface area contributed by atoms with Crippen LogP contribution in [0, 0.1) is 20.8 Å². The molecule has 4 rings (SSSR count). The average molecular weight is 365 g/mol. The van der Waals surface area contributed by atoms with Crippen LogP contribution in [0.25, 0.3) is 21.7 Å². The zero-order chi connectivity index (χ0) is 18.3. The summed E-state index contributed by atoms with van der Waals surface area (Å²) >= 11 is 1.46. The number of benzene rings is 1. The number of aryl methyl sites for hydroxylation is 3. The van der Waals surface area contributed by atoms with Gasteiger partial charge in [-0.25, -0.2) is 4.98 Å². The number of amides is 1. The topological polar surface area (TPSA) is 70.9 Å². The lowest BCUT2D eigenvalue weighted by Crippen LogP contribution is -2.23. The normalized spacial score (nSPS) is 11.2. The summed E-state index contributed by atoms with van der Waals surface area (Å²) in [4.78, 5) is 21.2. The van der Waals surface area contributed by atoms with Gasteiger partial charge in [-0.3, -0.25) is 4.79 Å². The molecular formula is C20H19N3O2S. The van der Waals surface area contributed by atoms with Crippen molar-refractivity contribution in [2.45, 2.75) is 27.3 Å². The smallest absolute Gasteiger partial charge is 0.271 e. The molecule has 26 heavy (non-hydrogen) atoms. The van der Waals surface area contributed by atoms with Crippen LogP contribution in [0.5, 0.6) is 0 Å². The number of aromatic nitrogens is 2. The molecule has 0 spiro atoms. The van der Waals surface area contributed by atoms with Crippen molar-refractivity contribution in [1.29, 1.82) is 0 Å². The van der Waals surface area contributed by atoms with Gasteiger partial charge in [0.15, 0.2) is 10.8 Å². The van der Waals surface area contributed by atoms with Crippen LogP contribution in [0.15, 0.2) is 41.0 Å². The van der Waals surface area contributed by atoms with Crippen molar-refractivity contribution in [2.75, 3.05) is 0 Å². The average Bonchev–Trinajstić information content (AvgIpc) is 3.34. The standard InChI is InChI=1S/C20H19N3O2S/c1-11-12(2)22-16-7-6-14(9-15(11)16)10-21-19(24)18-13(3)26-20(23-18)17-5-4-8-25-17/h4-9,22H,10H2,1-3H3,(H,21,24). The lowest BCUT2D eigenvalue weighted by molar-refractivity contribution is 0.0946. The number of fused-ring (bicyclic) bond motifs is 1. The number of hydrogen-bond acceptors (Lipinski definition) is 4. The molecule has 0 aliphatic carbocycles. The van der Waals surface area contributed by atoms with Crippen molar-refractivity contribution < 1.29 is 9.21 Å². The maximum atomic E-state index is 12.6. The number of rotatable bonds is 4. The first-order chi connectivity index (χ1) is 12.5. The summed E-state index contributed by atoms with van der Waals surface area (Å²) in [5.41, 5.74) is 5.05. The highest BCUT2D eigenvalue weighted by molar-refractivity contribution is 7.15. The van der Waals surface area contributed by atoms with Crippen molar-refractivity contribution in [3.63, 3.8) is 0 Å². The van der Waals surface area contributed by atoms with Gasteiger partial charge in [0, 0.05) is 28.0 Å². The minimum absolute atomic E-state index is 0.168. The summed E-state index contributed by atoms with van der Waals surface area (Å²) in [5, 5.41) is 4.88. The minimum atomic E-state index is -0.168. The molecule has 132 valence electrons. The molecule has 0 aliphatic heterocycles.